The molecule has 0 saturated carbocycles. The molecular formula is C13H9BrN4O2. The monoisotopic (exact) mass is 332 g/mol. The van der Waals surface area contributed by atoms with Crippen LogP contribution in [0, 0.1) is 0 Å². The predicted molar refractivity (Wildman–Crippen MR) is 75.7 cm³/mol. The molecule has 0 radical (unpaired) electrons. The lowest BCUT2D eigenvalue weighted by molar-refractivity contribution is 0.0587. The van der Waals surface area contributed by atoms with Gasteiger partial charge in [-0.25, -0.2) is 19.4 Å². The molecule has 2 heterocycles. The first-order valence-electron chi connectivity index (χ1n) is 5.74. The molecule has 0 atom stereocenters. The molecule has 2 aromatic heterocycles. The number of hydrogen-bond acceptors (Lipinski definition) is 5. The number of ether oxygens (including phenoxy) is 1. The summed E-state index contributed by atoms with van der Waals surface area (Å²) in [5.41, 5.74) is 0. The number of pyridine rings is 1. The molecule has 0 bridgehead atoms. The van der Waals surface area contributed by atoms with Crippen LogP contribution in [0.3, 0.4) is 0 Å². The van der Waals surface area contributed by atoms with Gasteiger partial charge in [-0.2, -0.15) is 0 Å². The number of halogens is 1. The summed E-state index contributed by atoms with van der Waals surface area (Å²) in [5.74, 6) is 0.0259. The van der Waals surface area contributed by atoms with E-state index in [0.29, 0.717) is 5.82 Å². The topological polar surface area (TPSA) is 69.9 Å². The summed E-state index contributed by atoms with van der Waals surface area (Å²) >= 11 is 3.50. The summed E-state index contributed by atoms with van der Waals surface area (Å²) in [6.45, 7) is 0. The Hall–Kier alpha value is -2.28. The third-order valence-electron chi connectivity index (χ3n) is 2.81. The highest BCUT2D eigenvalue weighted by Gasteiger charge is 2.14. The van der Waals surface area contributed by atoms with E-state index in [9.17, 15) is 4.79 Å². The quantitative estimate of drug-likeness (QED) is 0.674. The SMILES string of the molecule is COC(=O)c1ncn(-c2nccc3c(Br)cccc23)n1. The molecule has 7 heteroatoms. The van der Waals surface area contributed by atoms with Crippen LogP contribution in [-0.2, 0) is 4.74 Å². The van der Waals surface area contributed by atoms with Crippen molar-refractivity contribution in [3.63, 3.8) is 0 Å². The predicted octanol–water partition coefficient (Wildman–Crippen LogP) is 2.36. The summed E-state index contributed by atoms with van der Waals surface area (Å²) in [4.78, 5) is 19.6. The average Bonchev–Trinajstić information content (AvgIpc) is 2.96. The smallest absolute Gasteiger partial charge is 0.377 e. The zero-order valence-electron chi connectivity index (χ0n) is 10.4. The van der Waals surface area contributed by atoms with Crippen LogP contribution in [0.15, 0.2) is 41.3 Å². The van der Waals surface area contributed by atoms with Gasteiger partial charge in [-0.15, -0.1) is 5.10 Å². The number of esters is 1. The van der Waals surface area contributed by atoms with Gasteiger partial charge < -0.3 is 4.74 Å². The Morgan fingerprint density at radius 3 is 2.90 bits per heavy atom. The molecule has 0 unspecified atom stereocenters. The molecule has 20 heavy (non-hydrogen) atoms. The molecule has 0 aliphatic carbocycles. The van der Waals surface area contributed by atoms with Gasteiger partial charge in [-0.1, -0.05) is 28.1 Å². The number of fused-ring (bicyclic) bond motifs is 1. The second kappa shape index (κ2) is 5.01. The van der Waals surface area contributed by atoms with Crippen molar-refractivity contribution < 1.29 is 9.53 Å². The molecule has 0 saturated heterocycles. The van der Waals surface area contributed by atoms with Crippen molar-refractivity contribution in [3.05, 3.63) is 47.1 Å². The normalized spacial score (nSPS) is 10.7. The Morgan fingerprint density at radius 1 is 1.25 bits per heavy atom. The minimum atomic E-state index is -0.579. The molecule has 0 N–H and O–H groups in total. The van der Waals surface area contributed by atoms with E-state index in [1.54, 1.807) is 6.20 Å². The molecule has 0 fully saturated rings. The highest BCUT2D eigenvalue weighted by atomic mass is 79.9. The molecule has 0 spiro atoms. The summed E-state index contributed by atoms with van der Waals surface area (Å²) in [5, 5.41) is 6.00. The minimum Gasteiger partial charge on any atom is -0.463 e. The maximum Gasteiger partial charge on any atom is 0.377 e. The standard InChI is InChI=1S/C13H9BrN4O2/c1-20-13(19)11-16-7-18(17-11)12-9-3-2-4-10(14)8(9)5-6-15-12/h2-7H,1H3. The zero-order chi connectivity index (χ0) is 14.1. The van der Waals surface area contributed by atoms with Crippen molar-refractivity contribution in [1.29, 1.82) is 0 Å². The van der Waals surface area contributed by atoms with Crippen LogP contribution in [0.25, 0.3) is 16.6 Å². The average molecular weight is 333 g/mol. The fraction of sp³-hybridized carbons (Fsp3) is 0.0769. The Bertz CT molecular complexity index is 800. The van der Waals surface area contributed by atoms with E-state index in [-0.39, 0.29) is 5.82 Å². The highest BCUT2D eigenvalue weighted by molar-refractivity contribution is 9.10. The van der Waals surface area contributed by atoms with Crippen LogP contribution in [0.2, 0.25) is 0 Å². The van der Waals surface area contributed by atoms with Gasteiger partial charge >= 0.3 is 5.97 Å². The van der Waals surface area contributed by atoms with E-state index in [2.05, 4.69) is 35.7 Å². The maximum atomic E-state index is 11.4. The third-order valence-corrected chi connectivity index (χ3v) is 3.50. The van der Waals surface area contributed by atoms with Gasteiger partial charge in [0.05, 0.1) is 7.11 Å². The molecule has 0 aliphatic rings. The Balaban J connectivity index is 2.17. The van der Waals surface area contributed by atoms with Crippen molar-refractivity contribution in [3.8, 4) is 5.82 Å². The summed E-state index contributed by atoms with van der Waals surface area (Å²) in [6, 6.07) is 7.70. The fourth-order valence-corrected chi connectivity index (χ4v) is 2.38. The van der Waals surface area contributed by atoms with Crippen molar-refractivity contribution in [2.75, 3.05) is 7.11 Å². The van der Waals surface area contributed by atoms with Crippen molar-refractivity contribution in [2.45, 2.75) is 0 Å². The number of benzene rings is 1. The molecule has 100 valence electrons. The molecule has 0 amide bonds. The number of carbonyl (C=O) groups is 1. The number of hydrogen-bond donors (Lipinski definition) is 0. The second-order valence-electron chi connectivity index (χ2n) is 3.97. The summed E-state index contributed by atoms with van der Waals surface area (Å²) in [7, 11) is 1.29. The summed E-state index contributed by atoms with van der Waals surface area (Å²) < 4.78 is 7.01. The van der Waals surface area contributed by atoms with Gasteiger partial charge in [-0.3, -0.25) is 0 Å². The van der Waals surface area contributed by atoms with Crippen molar-refractivity contribution in [1.82, 2.24) is 19.7 Å². The highest BCUT2D eigenvalue weighted by Crippen LogP contribution is 2.26. The van der Waals surface area contributed by atoms with Gasteiger partial charge in [0.1, 0.15) is 6.33 Å². The van der Waals surface area contributed by atoms with Crippen LogP contribution in [0.5, 0.6) is 0 Å². The molecule has 3 aromatic rings. The Kier molecular flexibility index (Phi) is 3.19. The minimum absolute atomic E-state index is 0.00120. The van der Waals surface area contributed by atoms with Crippen LogP contribution >= 0.6 is 15.9 Å². The number of methoxy groups -OCH3 is 1. The van der Waals surface area contributed by atoms with Gasteiger partial charge in [0, 0.05) is 21.4 Å². The molecule has 3 rings (SSSR count). The lowest BCUT2D eigenvalue weighted by atomic mass is 10.1. The number of rotatable bonds is 2. The first-order valence-corrected chi connectivity index (χ1v) is 6.53. The van der Waals surface area contributed by atoms with E-state index in [1.165, 1.54) is 18.1 Å². The fourth-order valence-electron chi connectivity index (χ4n) is 1.89. The van der Waals surface area contributed by atoms with Crippen LogP contribution in [-0.4, -0.2) is 32.8 Å². The lowest BCUT2D eigenvalue weighted by Crippen LogP contribution is -2.06. The lowest BCUT2D eigenvalue weighted by Gasteiger charge is -2.05. The van der Waals surface area contributed by atoms with E-state index < -0.39 is 5.97 Å². The van der Waals surface area contributed by atoms with Gasteiger partial charge in [0.25, 0.3) is 5.82 Å². The van der Waals surface area contributed by atoms with Crippen LogP contribution in [0.1, 0.15) is 10.6 Å². The first kappa shape index (κ1) is 12.7. The summed E-state index contributed by atoms with van der Waals surface area (Å²) in [6.07, 6.45) is 3.12. The van der Waals surface area contributed by atoms with E-state index >= 15 is 0 Å². The molecule has 0 aliphatic heterocycles. The van der Waals surface area contributed by atoms with E-state index in [1.807, 2.05) is 24.3 Å². The zero-order valence-corrected chi connectivity index (χ0v) is 12.0. The van der Waals surface area contributed by atoms with Gasteiger partial charge in [0.2, 0.25) is 0 Å². The van der Waals surface area contributed by atoms with E-state index in [0.717, 1.165) is 15.2 Å². The van der Waals surface area contributed by atoms with E-state index in [4.69, 9.17) is 0 Å². The number of nitrogens with zero attached hydrogens (tertiary/aromatic N) is 4. The molecule has 1 aromatic carbocycles. The number of aromatic nitrogens is 4. The second-order valence-corrected chi connectivity index (χ2v) is 4.83. The third kappa shape index (κ3) is 2.05. The first-order chi connectivity index (χ1) is 9.70. The van der Waals surface area contributed by atoms with Gasteiger partial charge in [-0.05, 0) is 12.1 Å². The maximum absolute atomic E-state index is 11.4. The Labute approximate surface area is 122 Å². The van der Waals surface area contributed by atoms with Gasteiger partial charge in [0.15, 0.2) is 5.82 Å². The van der Waals surface area contributed by atoms with Crippen molar-refractivity contribution >= 4 is 32.7 Å². The largest absolute Gasteiger partial charge is 0.463 e. The van der Waals surface area contributed by atoms with Crippen LogP contribution < -0.4 is 0 Å². The van der Waals surface area contributed by atoms with Crippen molar-refractivity contribution in [2.24, 2.45) is 0 Å². The van der Waals surface area contributed by atoms with Crippen LogP contribution in [0.4, 0.5) is 0 Å². The molecule has 6 nitrogen and oxygen atoms in total. The molecular weight excluding hydrogens is 324 g/mol. The number of carbonyl (C=O) groups excluding carboxylic acids is 1. The Morgan fingerprint density at radius 2 is 2.10 bits per heavy atom.